The minimum absolute atomic E-state index is 0.171. The zero-order chi connectivity index (χ0) is 19.4. The van der Waals surface area contributed by atoms with Gasteiger partial charge in [-0.25, -0.2) is 4.98 Å². The van der Waals surface area contributed by atoms with Crippen LogP contribution in [0, 0.1) is 6.92 Å². The second-order valence-corrected chi connectivity index (χ2v) is 7.57. The molecule has 1 unspecified atom stereocenters. The van der Waals surface area contributed by atoms with Gasteiger partial charge in [-0.3, -0.25) is 4.79 Å². The van der Waals surface area contributed by atoms with Crippen LogP contribution in [0.15, 0.2) is 48.5 Å². The first kappa shape index (κ1) is 19.2. The first-order valence-corrected chi connectivity index (χ1v) is 9.56. The quantitative estimate of drug-likeness (QED) is 0.616. The molecule has 0 fully saturated rings. The number of hydrogen-bond acceptors (Lipinski definition) is 5. The van der Waals surface area contributed by atoms with E-state index in [1.54, 1.807) is 49.4 Å². The first-order chi connectivity index (χ1) is 12.9. The Morgan fingerprint density at radius 2 is 2.04 bits per heavy atom. The molecule has 0 saturated heterocycles. The maximum absolute atomic E-state index is 12.6. The summed E-state index contributed by atoms with van der Waals surface area (Å²) in [5.74, 6) is 0.665. The molecule has 3 rings (SSSR count). The fraction of sp³-hybridized carbons (Fsp3) is 0.200. The van der Waals surface area contributed by atoms with Crippen LogP contribution in [-0.4, -0.2) is 16.0 Å². The van der Waals surface area contributed by atoms with Gasteiger partial charge in [0.15, 0.2) is 0 Å². The molecule has 0 bridgehead atoms. The molecule has 0 aliphatic rings. The highest BCUT2D eigenvalue weighted by Gasteiger charge is 2.18. The Bertz CT molecular complexity index is 941. The molecule has 5 nitrogen and oxygen atoms in total. The van der Waals surface area contributed by atoms with E-state index >= 15 is 0 Å². The zero-order valence-corrected chi connectivity index (χ0v) is 16.5. The van der Waals surface area contributed by atoms with Crippen LogP contribution in [0.1, 0.15) is 38.9 Å². The number of aryl methyl sites for hydroxylation is 1. The van der Waals surface area contributed by atoms with Crippen molar-refractivity contribution in [3.05, 3.63) is 74.7 Å². The van der Waals surface area contributed by atoms with Crippen LogP contribution in [0.5, 0.6) is 11.5 Å². The number of carbonyl (C=O) groups is 1. The summed E-state index contributed by atoms with van der Waals surface area (Å²) in [6, 6.07) is 13.7. The van der Waals surface area contributed by atoms with E-state index in [-0.39, 0.29) is 24.3 Å². The first-order valence-electron chi connectivity index (χ1n) is 8.37. The third-order valence-corrected chi connectivity index (χ3v) is 5.32. The number of phenols is 1. The van der Waals surface area contributed by atoms with Gasteiger partial charge in [0.1, 0.15) is 28.0 Å². The highest BCUT2D eigenvalue weighted by atomic mass is 35.5. The van der Waals surface area contributed by atoms with E-state index in [0.29, 0.717) is 21.3 Å². The lowest BCUT2D eigenvalue weighted by atomic mass is 10.1. The Hall–Kier alpha value is -2.57. The van der Waals surface area contributed by atoms with E-state index in [9.17, 15) is 9.90 Å². The number of phenolic OH excluding ortho intramolecular Hbond substituents is 1. The number of benzene rings is 2. The van der Waals surface area contributed by atoms with Gasteiger partial charge in [0.25, 0.3) is 5.91 Å². The predicted molar refractivity (Wildman–Crippen MR) is 107 cm³/mol. The molecule has 0 spiro atoms. The lowest BCUT2D eigenvalue weighted by molar-refractivity contribution is 0.0943. The van der Waals surface area contributed by atoms with Crippen molar-refractivity contribution in [2.45, 2.75) is 26.5 Å². The Kier molecular flexibility index (Phi) is 5.98. The minimum Gasteiger partial charge on any atom is -0.508 e. The molecule has 0 saturated carbocycles. The smallest absolute Gasteiger partial charge is 0.263 e. The number of amides is 1. The highest BCUT2D eigenvalue weighted by Crippen LogP contribution is 2.23. The molecule has 0 radical (unpaired) electrons. The number of rotatable bonds is 6. The van der Waals surface area contributed by atoms with Crippen LogP contribution < -0.4 is 10.1 Å². The van der Waals surface area contributed by atoms with Gasteiger partial charge in [-0.2, -0.15) is 0 Å². The maximum atomic E-state index is 12.6. The number of aromatic nitrogens is 1. The van der Waals surface area contributed by atoms with Crippen LogP contribution in [0.2, 0.25) is 5.02 Å². The molecule has 3 aromatic rings. The van der Waals surface area contributed by atoms with Crippen LogP contribution in [0.25, 0.3) is 0 Å². The largest absolute Gasteiger partial charge is 0.508 e. The van der Waals surface area contributed by atoms with E-state index in [1.165, 1.54) is 11.3 Å². The maximum Gasteiger partial charge on any atom is 0.263 e. The summed E-state index contributed by atoms with van der Waals surface area (Å²) in [5.41, 5.74) is 1.49. The van der Waals surface area contributed by atoms with Gasteiger partial charge in [0.05, 0.1) is 11.7 Å². The molecule has 27 heavy (non-hydrogen) atoms. The number of hydrogen-bond donors (Lipinski definition) is 2. The Labute approximate surface area is 166 Å². The molecule has 1 amide bonds. The van der Waals surface area contributed by atoms with Crippen LogP contribution in [0.3, 0.4) is 0 Å². The minimum atomic E-state index is -0.236. The molecule has 2 N–H and O–H groups in total. The van der Waals surface area contributed by atoms with Crippen molar-refractivity contribution >= 4 is 28.8 Å². The SMILES string of the molecule is Cc1nc(COc2ccc(Cl)cc2)sc1C(=O)NC(C)c1cccc(O)c1. The van der Waals surface area contributed by atoms with Gasteiger partial charge < -0.3 is 15.2 Å². The summed E-state index contributed by atoms with van der Waals surface area (Å²) in [6.45, 7) is 3.95. The standard InChI is InChI=1S/C20H19ClN2O3S/c1-12(14-4-3-5-16(24)10-14)23-20(25)19-13(2)22-18(27-19)11-26-17-8-6-15(21)7-9-17/h3-10,12,24H,11H2,1-2H3,(H,23,25). The second kappa shape index (κ2) is 8.41. The number of aromatic hydroxyl groups is 1. The van der Waals surface area contributed by atoms with Crippen molar-refractivity contribution in [1.29, 1.82) is 0 Å². The number of thiazole rings is 1. The van der Waals surface area contributed by atoms with Crippen molar-refractivity contribution in [3.8, 4) is 11.5 Å². The van der Waals surface area contributed by atoms with Gasteiger partial charge in [0, 0.05) is 5.02 Å². The molecular formula is C20H19ClN2O3S. The summed E-state index contributed by atoms with van der Waals surface area (Å²) in [7, 11) is 0. The molecule has 1 atom stereocenters. The molecule has 140 valence electrons. The number of nitrogens with one attached hydrogen (secondary N) is 1. The van der Waals surface area contributed by atoms with E-state index in [4.69, 9.17) is 16.3 Å². The lowest BCUT2D eigenvalue weighted by Crippen LogP contribution is -2.26. The summed E-state index contributed by atoms with van der Waals surface area (Å²) >= 11 is 7.16. The Morgan fingerprint density at radius 3 is 2.74 bits per heavy atom. The third kappa shape index (κ3) is 4.99. The van der Waals surface area contributed by atoms with Crippen molar-refractivity contribution in [1.82, 2.24) is 10.3 Å². The fourth-order valence-electron chi connectivity index (χ4n) is 2.54. The van der Waals surface area contributed by atoms with Crippen molar-refractivity contribution in [3.63, 3.8) is 0 Å². The van der Waals surface area contributed by atoms with E-state index < -0.39 is 0 Å². The summed E-state index contributed by atoms with van der Waals surface area (Å²) in [4.78, 5) is 17.6. The van der Waals surface area contributed by atoms with E-state index in [0.717, 1.165) is 10.6 Å². The Morgan fingerprint density at radius 1 is 1.30 bits per heavy atom. The normalized spacial score (nSPS) is 11.8. The monoisotopic (exact) mass is 402 g/mol. The van der Waals surface area contributed by atoms with Gasteiger partial charge in [0.2, 0.25) is 0 Å². The molecule has 7 heteroatoms. The van der Waals surface area contributed by atoms with Gasteiger partial charge in [-0.1, -0.05) is 23.7 Å². The number of carbonyl (C=O) groups excluding carboxylic acids is 1. The van der Waals surface area contributed by atoms with Crippen molar-refractivity contribution in [2.24, 2.45) is 0 Å². The molecule has 0 aliphatic carbocycles. The van der Waals surface area contributed by atoms with Crippen LogP contribution in [0.4, 0.5) is 0 Å². The molecule has 0 aliphatic heterocycles. The van der Waals surface area contributed by atoms with Gasteiger partial charge in [-0.15, -0.1) is 11.3 Å². The lowest BCUT2D eigenvalue weighted by Gasteiger charge is -2.14. The third-order valence-electron chi connectivity index (χ3n) is 3.94. The summed E-state index contributed by atoms with van der Waals surface area (Å²) < 4.78 is 5.69. The predicted octanol–water partition coefficient (Wildman–Crippen LogP) is 4.88. The van der Waals surface area contributed by atoms with Crippen molar-refractivity contribution in [2.75, 3.05) is 0 Å². The number of nitrogens with zero attached hydrogens (tertiary/aromatic N) is 1. The van der Waals surface area contributed by atoms with Crippen LogP contribution >= 0.6 is 22.9 Å². The topological polar surface area (TPSA) is 71.5 Å². The number of ether oxygens (including phenoxy) is 1. The molecule has 1 heterocycles. The van der Waals surface area contributed by atoms with Gasteiger partial charge >= 0.3 is 0 Å². The van der Waals surface area contributed by atoms with E-state index in [1.807, 2.05) is 13.0 Å². The fourth-order valence-corrected chi connectivity index (χ4v) is 3.55. The van der Waals surface area contributed by atoms with Crippen molar-refractivity contribution < 1.29 is 14.6 Å². The summed E-state index contributed by atoms with van der Waals surface area (Å²) in [5, 5.41) is 13.9. The second-order valence-electron chi connectivity index (χ2n) is 6.05. The number of halogens is 1. The zero-order valence-electron chi connectivity index (χ0n) is 14.9. The van der Waals surface area contributed by atoms with Gasteiger partial charge in [-0.05, 0) is 55.8 Å². The Balaban J connectivity index is 1.64. The average molecular weight is 403 g/mol. The molecule has 2 aromatic carbocycles. The summed E-state index contributed by atoms with van der Waals surface area (Å²) in [6.07, 6.45) is 0. The average Bonchev–Trinajstić information content (AvgIpc) is 3.02. The van der Waals surface area contributed by atoms with E-state index in [2.05, 4.69) is 10.3 Å². The highest BCUT2D eigenvalue weighted by molar-refractivity contribution is 7.13. The molecular weight excluding hydrogens is 384 g/mol. The molecule has 1 aromatic heterocycles. The van der Waals surface area contributed by atoms with Crippen LogP contribution in [-0.2, 0) is 6.61 Å².